The summed E-state index contributed by atoms with van der Waals surface area (Å²) in [5, 5.41) is 41.4. The van der Waals surface area contributed by atoms with Gasteiger partial charge in [0.15, 0.2) is 0 Å². The Labute approximate surface area is 349 Å². The lowest BCUT2D eigenvalue weighted by Crippen LogP contribution is -2.19. The SMILES string of the molecule is C=c1cc2c3ccc4c5ccc6c7ccc8c9c(ccc(c%10ccc(c%11ccc(c(=O)n2c2ccc(C)cc12)c3c%114)c5c%106)c79)c(=O)n1c2ccc(C)cc2c(=C(C#N)C#N)cc81. The molecule has 14 rings (SSSR count). The van der Waals surface area contributed by atoms with Crippen LogP contribution in [-0.4, -0.2) is 8.80 Å². The van der Waals surface area contributed by atoms with Gasteiger partial charge in [-0.05, 0) is 132 Å². The molecule has 0 aliphatic heterocycles. The van der Waals surface area contributed by atoms with Crippen molar-refractivity contribution in [3.8, 4) is 12.1 Å². The number of fused-ring (bicyclic) bond motifs is 12. The Morgan fingerprint density at radius 2 is 0.742 bits per heavy atom. The van der Waals surface area contributed by atoms with Crippen LogP contribution in [0.15, 0.2) is 131 Å². The number of nitrogens with zero attached hydrogens (tertiary/aromatic N) is 4. The van der Waals surface area contributed by atoms with Gasteiger partial charge in [-0.1, -0.05) is 90.5 Å². The van der Waals surface area contributed by atoms with Crippen LogP contribution in [0.4, 0.5) is 0 Å². The van der Waals surface area contributed by atoms with E-state index in [1.165, 1.54) is 5.39 Å². The highest BCUT2D eigenvalue weighted by Gasteiger charge is 2.24. The van der Waals surface area contributed by atoms with E-state index in [2.05, 4.69) is 105 Å². The fourth-order valence-electron chi connectivity index (χ4n) is 11.5. The third-order valence-corrected chi connectivity index (χ3v) is 14.1. The summed E-state index contributed by atoms with van der Waals surface area (Å²) in [5.41, 5.74) is 4.94. The molecule has 0 radical (unpaired) electrons. The fourth-order valence-corrected chi connectivity index (χ4v) is 11.5. The van der Waals surface area contributed by atoms with Gasteiger partial charge in [-0.25, -0.2) is 0 Å². The molecule has 284 valence electrons. The lowest BCUT2D eigenvalue weighted by molar-refractivity contribution is 1.18. The Morgan fingerprint density at radius 3 is 1.16 bits per heavy atom. The summed E-state index contributed by atoms with van der Waals surface area (Å²) in [6, 6.07) is 45.9. The van der Waals surface area contributed by atoms with Crippen molar-refractivity contribution < 1.29 is 0 Å². The Bertz CT molecular complexity index is 4760. The molecule has 0 unspecified atom stereocenters. The van der Waals surface area contributed by atoms with Crippen LogP contribution in [0, 0.1) is 36.5 Å². The van der Waals surface area contributed by atoms with E-state index in [4.69, 9.17) is 0 Å². The highest BCUT2D eigenvalue weighted by molar-refractivity contribution is 6.45. The van der Waals surface area contributed by atoms with Crippen molar-refractivity contribution in [3.05, 3.63) is 164 Å². The summed E-state index contributed by atoms with van der Waals surface area (Å²) in [4.78, 5) is 29.4. The second-order valence-corrected chi connectivity index (χ2v) is 17.1. The quantitative estimate of drug-likeness (QED) is 0.113. The van der Waals surface area contributed by atoms with Gasteiger partial charge in [0.2, 0.25) is 0 Å². The summed E-state index contributed by atoms with van der Waals surface area (Å²) in [6.45, 7) is 8.44. The van der Waals surface area contributed by atoms with Gasteiger partial charge in [-0.2, -0.15) is 10.5 Å². The van der Waals surface area contributed by atoms with E-state index >= 15 is 0 Å². The number of hydrogen-bond acceptors (Lipinski definition) is 4. The minimum Gasteiger partial charge on any atom is -0.276 e. The first-order chi connectivity index (χ1) is 30.2. The second-order valence-electron chi connectivity index (χ2n) is 17.1. The number of hydrogen-bond donors (Lipinski definition) is 0. The van der Waals surface area contributed by atoms with Crippen LogP contribution in [0.1, 0.15) is 11.1 Å². The fraction of sp³-hybridized carbons (Fsp3) is 0.0357. The third kappa shape index (κ3) is 3.72. The topological polar surface area (TPSA) is 90.5 Å². The highest BCUT2D eigenvalue weighted by atomic mass is 16.1. The van der Waals surface area contributed by atoms with Crippen molar-refractivity contribution >= 4 is 142 Å². The molecule has 0 spiro atoms. The Morgan fingerprint density at radius 1 is 0.403 bits per heavy atom. The van der Waals surface area contributed by atoms with E-state index in [1.54, 1.807) is 4.40 Å². The molecule has 4 aromatic heterocycles. The van der Waals surface area contributed by atoms with Crippen molar-refractivity contribution in [1.82, 2.24) is 8.80 Å². The molecule has 62 heavy (non-hydrogen) atoms. The number of nitriles is 2. The van der Waals surface area contributed by atoms with Crippen molar-refractivity contribution in [3.63, 3.8) is 0 Å². The van der Waals surface area contributed by atoms with Gasteiger partial charge in [-0.3, -0.25) is 18.4 Å². The summed E-state index contributed by atoms with van der Waals surface area (Å²) >= 11 is 0. The van der Waals surface area contributed by atoms with Crippen molar-refractivity contribution in [1.29, 1.82) is 10.5 Å². The average molecular weight is 789 g/mol. The predicted molar refractivity (Wildman–Crippen MR) is 256 cm³/mol. The van der Waals surface area contributed by atoms with Crippen LogP contribution in [0.3, 0.4) is 0 Å². The van der Waals surface area contributed by atoms with Gasteiger partial charge in [-0.15, -0.1) is 0 Å². The lowest BCUT2D eigenvalue weighted by Gasteiger charge is -2.21. The highest BCUT2D eigenvalue weighted by Crippen LogP contribution is 2.49. The molecular weight excluding hydrogens is 761 g/mol. The first kappa shape index (κ1) is 33.3. The molecule has 10 aromatic carbocycles. The van der Waals surface area contributed by atoms with E-state index in [9.17, 15) is 20.1 Å². The Hall–Kier alpha value is -8.58. The average Bonchev–Trinajstić information content (AvgIpc) is 3.29. The molecule has 0 aliphatic rings. The monoisotopic (exact) mass is 788 g/mol. The maximum Gasteiger partial charge on any atom is 0.263 e. The molecule has 0 fully saturated rings. The van der Waals surface area contributed by atoms with Crippen molar-refractivity contribution in [2.75, 3.05) is 0 Å². The number of rotatable bonds is 0. The molecule has 0 saturated carbocycles. The molecular formula is C56H28N4O2. The third-order valence-electron chi connectivity index (χ3n) is 14.1. The minimum atomic E-state index is -0.145. The molecule has 6 nitrogen and oxygen atoms in total. The number of benzene rings is 10. The predicted octanol–water partition coefficient (Wildman–Crippen LogP) is 11.1. The summed E-state index contributed by atoms with van der Waals surface area (Å²) < 4.78 is 3.60. The second kappa shape index (κ2) is 11.0. The van der Waals surface area contributed by atoms with E-state index in [1.807, 2.05) is 53.8 Å². The first-order valence-electron chi connectivity index (χ1n) is 20.6. The molecule has 0 amide bonds. The zero-order valence-corrected chi connectivity index (χ0v) is 33.4. The van der Waals surface area contributed by atoms with Crippen LogP contribution in [0.5, 0.6) is 0 Å². The van der Waals surface area contributed by atoms with Gasteiger partial charge in [0.05, 0.1) is 22.1 Å². The van der Waals surface area contributed by atoms with E-state index in [0.717, 1.165) is 114 Å². The van der Waals surface area contributed by atoms with Crippen LogP contribution in [0.2, 0.25) is 0 Å². The summed E-state index contributed by atoms with van der Waals surface area (Å²) in [5.74, 6) is 0. The molecule has 14 aromatic rings. The van der Waals surface area contributed by atoms with E-state index in [0.29, 0.717) is 32.4 Å². The van der Waals surface area contributed by atoms with Gasteiger partial charge >= 0.3 is 0 Å². The number of pyridine rings is 4. The Balaban J connectivity index is 1.13. The number of aromatic nitrogens is 2. The minimum absolute atomic E-state index is 0.00638. The maximum atomic E-state index is 14.8. The number of aryl methyl sites for hydroxylation is 2. The van der Waals surface area contributed by atoms with Crippen molar-refractivity contribution in [2.45, 2.75) is 13.8 Å². The lowest BCUT2D eigenvalue weighted by atomic mass is 9.82. The summed E-state index contributed by atoms with van der Waals surface area (Å²) in [6.07, 6.45) is 0. The van der Waals surface area contributed by atoms with E-state index < -0.39 is 0 Å². The van der Waals surface area contributed by atoms with Crippen LogP contribution < -0.4 is 21.6 Å². The normalized spacial score (nSPS) is 12.5. The standard InChI is InChI=1S/C56H28N4O2/c1-26-4-18-45-42(20-26)28(3)22-47-38-14-10-34-30-6-7-31-35-11-15-39-48-23-43(29(24-57)25-58)44-21-27(2)5-19-46(44)60(48)56(62)41-17-13-37(52(35)54(39)41)33-9-8-32(49(30)50(31)33)36-12-16-40(53(38)51(34)36)55(61)59(45)47/h4-23H,3H2,1-2H3. The summed E-state index contributed by atoms with van der Waals surface area (Å²) in [7, 11) is 0. The molecule has 0 bridgehead atoms. The van der Waals surface area contributed by atoms with Gasteiger partial charge in [0.1, 0.15) is 17.7 Å². The molecule has 0 atom stereocenters. The molecule has 0 saturated heterocycles. The van der Waals surface area contributed by atoms with Crippen LogP contribution in [0.25, 0.3) is 142 Å². The van der Waals surface area contributed by atoms with Crippen molar-refractivity contribution in [2.24, 2.45) is 0 Å². The maximum absolute atomic E-state index is 14.8. The first-order valence-corrected chi connectivity index (χ1v) is 20.6. The van der Waals surface area contributed by atoms with E-state index in [-0.39, 0.29) is 16.7 Å². The zero-order valence-electron chi connectivity index (χ0n) is 33.4. The Kier molecular flexibility index (Phi) is 5.89. The smallest absolute Gasteiger partial charge is 0.263 e. The van der Waals surface area contributed by atoms with Gasteiger partial charge in [0.25, 0.3) is 11.1 Å². The van der Waals surface area contributed by atoms with Crippen LogP contribution >= 0.6 is 0 Å². The van der Waals surface area contributed by atoms with Gasteiger partial charge < -0.3 is 0 Å². The van der Waals surface area contributed by atoms with Gasteiger partial charge in [0, 0.05) is 48.3 Å². The largest absolute Gasteiger partial charge is 0.276 e. The molecule has 6 heteroatoms. The zero-order chi connectivity index (χ0) is 41.6. The molecule has 0 N–H and O–H groups in total. The molecule has 0 aliphatic carbocycles. The molecule has 4 heterocycles. The van der Waals surface area contributed by atoms with Crippen LogP contribution in [-0.2, 0) is 0 Å².